The van der Waals surface area contributed by atoms with Crippen LogP contribution in [0.1, 0.15) is 48.9 Å². The highest BCUT2D eigenvalue weighted by Crippen LogP contribution is 2.20. The minimum absolute atomic E-state index is 0.0855. The lowest BCUT2D eigenvalue weighted by Gasteiger charge is -2.08. The van der Waals surface area contributed by atoms with E-state index in [2.05, 4.69) is 16.0 Å². The van der Waals surface area contributed by atoms with Crippen LogP contribution in [0.4, 0.5) is 10.5 Å². The number of anilines is 1. The average molecular weight is 332 g/mol. The first-order valence-electron chi connectivity index (χ1n) is 8.28. The van der Waals surface area contributed by atoms with Gasteiger partial charge in [0.25, 0.3) is 5.91 Å². The molecule has 24 heavy (non-hydrogen) atoms. The maximum absolute atomic E-state index is 12.0. The molecule has 0 aliphatic heterocycles. The number of nitrogens with one attached hydrogen (secondary N) is 3. The van der Waals surface area contributed by atoms with Crippen molar-refractivity contribution in [1.82, 2.24) is 10.6 Å². The molecular weight excluding hydrogens is 308 g/mol. The van der Waals surface area contributed by atoms with E-state index >= 15 is 0 Å². The van der Waals surface area contributed by atoms with Gasteiger partial charge in [-0.15, -0.1) is 0 Å². The monoisotopic (exact) mass is 332 g/mol. The third-order valence-corrected chi connectivity index (χ3v) is 3.70. The van der Waals surface area contributed by atoms with Gasteiger partial charge >= 0.3 is 6.03 Å². The molecule has 1 aromatic rings. The summed E-state index contributed by atoms with van der Waals surface area (Å²) in [5.74, 6) is -0.187. The lowest BCUT2D eigenvalue weighted by atomic mass is 10.1. The van der Waals surface area contributed by atoms with Crippen LogP contribution in [0.3, 0.4) is 0 Å². The van der Waals surface area contributed by atoms with E-state index in [1.54, 1.807) is 24.3 Å². The number of benzene rings is 1. The fraction of sp³-hybridized carbons (Fsp3) is 0.471. The third-order valence-electron chi connectivity index (χ3n) is 3.70. The quantitative estimate of drug-likeness (QED) is 0.517. The maximum Gasteiger partial charge on any atom is 0.312 e. The predicted molar refractivity (Wildman–Crippen MR) is 91.6 cm³/mol. The van der Waals surface area contributed by atoms with Crippen LogP contribution in [-0.2, 0) is 4.79 Å². The molecule has 1 saturated carbocycles. The lowest BCUT2D eigenvalue weighted by Crippen LogP contribution is -2.29. The first-order chi connectivity index (χ1) is 11.5. The van der Waals surface area contributed by atoms with Crippen molar-refractivity contribution in [3.05, 3.63) is 29.8 Å². The number of hydrogen-bond acceptors (Lipinski definition) is 3. The van der Waals surface area contributed by atoms with Gasteiger partial charge in [-0.05, 0) is 43.9 Å². The summed E-state index contributed by atoms with van der Waals surface area (Å²) in [7, 11) is 0. The first-order valence-corrected chi connectivity index (χ1v) is 8.28. The van der Waals surface area contributed by atoms with Crippen LogP contribution in [0, 0.1) is 0 Å². The maximum atomic E-state index is 12.0. The van der Waals surface area contributed by atoms with Crippen LogP contribution < -0.4 is 21.7 Å². The fourth-order valence-electron chi connectivity index (χ4n) is 2.26. The highest BCUT2D eigenvalue weighted by atomic mass is 16.2. The van der Waals surface area contributed by atoms with Crippen LogP contribution in [0.25, 0.3) is 0 Å². The van der Waals surface area contributed by atoms with Gasteiger partial charge in [-0.2, -0.15) is 0 Å². The van der Waals surface area contributed by atoms with E-state index in [4.69, 9.17) is 5.73 Å². The summed E-state index contributed by atoms with van der Waals surface area (Å²) in [6.07, 6.45) is 4.82. The zero-order valence-electron chi connectivity index (χ0n) is 13.6. The van der Waals surface area contributed by atoms with Crippen molar-refractivity contribution in [3.63, 3.8) is 0 Å². The smallest absolute Gasteiger partial charge is 0.312 e. The van der Waals surface area contributed by atoms with Gasteiger partial charge in [0, 0.05) is 30.3 Å². The van der Waals surface area contributed by atoms with Gasteiger partial charge in [0.2, 0.25) is 5.91 Å². The molecule has 5 N–H and O–H groups in total. The SMILES string of the molecule is NC(=O)NCCCCCC(=O)Nc1cccc(C(=O)NC2CC2)c1. The Hall–Kier alpha value is -2.57. The molecular formula is C17H24N4O3. The Kier molecular flexibility index (Phi) is 6.60. The minimum atomic E-state index is -0.529. The molecule has 0 radical (unpaired) electrons. The summed E-state index contributed by atoms with van der Waals surface area (Å²) in [4.78, 5) is 34.4. The highest BCUT2D eigenvalue weighted by Gasteiger charge is 2.23. The summed E-state index contributed by atoms with van der Waals surface area (Å²) < 4.78 is 0. The Labute approximate surface area is 141 Å². The van der Waals surface area contributed by atoms with Crippen molar-refractivity contribution in [2.45, 2.75) is 44.6 Å². The molecule has 0 aromatic heterocycles. The standard InChI is InChI=1S/C17H24N4O3/c18-17(24)19-10-3-1-2-7-15(22)20-14-6-4-5-12(11-14)16(23)21-13-8-9-13/h4-6,11,13H,1-3,7-10H2,(H,20,22)(H,21,23)(H3,18,19,24). The van der Waals surface area contributed by atoms with E-state index in [-0.39, 0.29) is 11.8 Å². The number of amides is 4. The van der Waals surface area contributed by atoms with Crippen molar-refractivity contribution >= 4 is 23.5 Å². The van der Waals surface area contributed by atoms with Crippen LogP contribution >= 0.6 is 0 Å². The molecule has 7 heteroatoms. The van der Waals surface area contributed by atoms with Crippen LogP contribution in [0.15, 0.2) is 24.3 Å². The van der Waals surface area contributed by atoms with Gasteiger partial charge in [0.05, 0.1) is 0 Å². The molecule has 0 bridgehead atoms. The zero-order valence-corrected chi connectivity index (χ0v) is 13.6. The molecule has 0 spiro atoms. The second kappa shape index (κ2) is 8.90. The summed E-state index contributed by atoms with van der Waals surface area (Å²) in [6, 6.07) is 6.72. The normalized spacial score (nSPS) is 13.2. The molecule has 2 rings (SSSR count). The Morgan fingerprint density at radius 2 is 1.92 bits per heavy atom. The number of carbonyl (C=O) groups is 3. The third kappa shape index (κ3) is 6.68. The zero-order chi connectivity index (χ0) is 17.4. The molecule has 0 atom stereocenters. The number of rotatable bonds is 9. The van der Waals surface area contributed by atoms with Crippen LogP contribution in [0.5, 0.6) is 0 Å². The second-order valence-electron chi connectivity index (χ2n) is 5.98. The van der Waals surface area contributed by atoms with E-state index in [1.165, 1.54) is 0 Å². The number of urea groups is 1. The van der Waals surface area contributed by atoms with Gasteiger partial charge in [-0.1, -0.05) is 12.5 Å². The summed E-state index contributed by atoms with van der Waals surface area (Å²) in [5, 5.41) is 8.24. The van der Waals surface area contributed by atoms with Gasteiger partial charge in [0.15, 0.2) is 0 Å². The van der Waals surface area contributed by atoms with Gasteiger partial charge in [-0.3, -0.25) is 9.59 Å². The van der Waals surface area contributed by atoms with E-state index in [1.807, 2.05) is 0 Å². The number of unbranched alkanes of at least 4 members (excludes halogenated alkanes) is 2. The van der Waals surface area contributed by atoms with Crippen molar-refractivity contribution < 1.29 is 14.4 Å². The molecule has 0 unspecified atom stereocenters. The predicted octanol–water partition coefficient (Wildman–Crippen LogP) is 1.75. The van der Waals surface area contributed by atoms with Crippen molar-refractivity contribution in [3.8, 4) is 0 Å². The Bertz CT molecular complexity index is 599. The van der Waals surface area contributed by atoms with Gasteiger partial charge in [-0.25, -0.2) is 4.79 Å². The number of primary amides is 1. The van der Waals surface area contributed by atoms with Crippen molar-refractivity contribution in [1.29, 1.82) is 0 Å². The molecule has 4 amide bonds. The minimum Gasteiger partial charge on any atom is -0.352 e. The van der Waals surface area contributed by atoms with E-state index in [0.29, 0.717) is 30.3 Å². The molecule has 1 aromatic carbocycles. The molecule has 7 nitrogen and oxygen atoms in total. The van der Waals surface area contributed by atoms with Crippen LogP contribution in [-0.4, -0.2) is 30.4 Å². The Morgan fingerprint density at radius 1 is 1.12 bits per heavy atom. The van der Waals surface area contributed by atoms with Gasteiger partial charge < -0.3 is 21.7 Å². The van der Waals surface area contributed by atoms with E-state index < -0.39 is 6.03 Å². The number of nitrogens with two attached hydrogens (primary N) is 1. The Balaban J connectivity index is 1.69. The molecule has 1 aliphatic carbocycles. The Morgan fingerprint density at radius 3 is 2.62 bits per heavy atom. The van der Waals surface area contributed by atoms with Crippen molar-refractivity contribution in [2.24, 2.45) is 5.73 Å². The molecule has 1 aliphatic rings. The van der Waals surface area contributed by atoms with Crippen LogP contribution in [0.2, 0.25) is 0 Å². The second-order valence-corrected chi connectivity index (χ2v) is 5.98. The fourth-order valence-corrected chi connectivity index (χ4v) is 2.26. The summed E-state index contributed by atoms with van der Waals surface area (Å²) in [6.45, 7) is 0.523. The van der Waals surface area contributed by atoms with E-state index in [9.17, 15) is 14.4 Å². The molecule has 130 valence electrons. The molecule has 1 fully saturated rings. The number of hydrogen-bond donors (Lipinski definition) is 4. The largest absolute Gasteiger partial charge is 0.352 e. The van der Waals surface area contributed by atoms with Gasteiger partial charge in [0.1, 0.15) is 0 Å². The molecule has 0 saturated heterocycles. The average Bonchev–Trinajstić information content (AvgIpc) is 3.34. The topological polar surface area (TPSA) is 113 Å². The van der Waals surface area contributed by atoms with E-state index in [0.717, 1.165) is 32.1 Å². The summed E-state index contributed by atoms with van der Waals surface area (Å²) in [5.41, 5.74) is 6.14. The molecule has 0 heterocycles. The van der Waals surface area contributed by atoms with Crippen molar-refractivity contribution in [2.75, 3.05) is 11.9 Å². The summed E-state index contributed by atoms with van der Waals surface area (Å²) >= 11 is 0. The number of carbonyl (C=O) groups excluding carboxylic acids is 3. The highest BCUT2D eigenvalue weighted by molar-refractivity contribution is 5.97. The first kappa shape index (κ1) is 17.8. The lowest BCUT2D eigenvalue weighted by molar-refractivity contribution is -0.116.